The molecule has 1 aliphatic carbocycles. The fourth-order valence-electron chi connectivity index (χ4n) is 2.90. The quantitative estimate of drug-likeness (QED) is 0.746. The fourth-order valence-corrected chi connectivity index (χ4v) is 5.28. The SMILES string of the molecule is O=S(=O)(C1CC1)N1CCCN(CCOc2c(Cl)cccc2Cl)CC1. The molecule has 0 unspecified atom stereocenters. The van der Waals surface area contributed by atoms with E-state index >= 15 is 0 Å². The van der Waals surface area contributed by atoms with E-state index in [9.17, 15) is 8.42 Å². The van der Waals surface area contributed by atoms with Gasteiger partial charge < -0.3 is 4.74 Å². The van der Waals surface area contributed by atoms with Gasteiger partial charge in [0, 0.05) is 26.2 Å². The third kappa shape index (κ3) is 4.35. The van der Waals surface area contributed by atoms with Gasteiger partial charge in [0.2, 0.25) is 10.0 Å². The van der Waals surface area contributed by atoms with Crippen molar-refractivity contribution in [2.45, 2.75) is 24.5 Å². The summed E-state index contributed by atoms with van der Waals surface area (Å²) in [5.41, 5.74) is 0. The van der Waals surface area contributed by atoms with Crippen LogP contribution < -0.4 is 4.74 Å². The lowest BCUT2D eigenvalue weighted by Gasteiger charge is -2.22. The van der Waals surface area contributed by atoms with Crippen molar-refractivity contribution in [1.29, 1.82) is 0 Å². The first-order valence-corrected chi connectivity index (χ1v) is 10.5. The van der Waals surface area contributed by atoms with E-state index in [-0.39, 0.29) is 5.25 Å². The summed E-state index contributed by atoms with van der Waals surface area (Å²) in [7, 11) is -3.07. The summed E-state index contributed by atoms with van der Waals surface area (Å²) < 4.78 is 32.0. The van der Waals surface area contributed by atoms with Crippen molar-refractivity contribution in [2.75, 3.05) is 39.3 Å². The highest BCUT2D eigenvalue weighted by Crippen LogP contribution is 2.32. The summed E-state index contributed by atoms with van der Waals surface area (Å²) in [4.78, 5) is 2.23. The molecule has 134 valence electrons. The van der Waals surface area contributed by atoms with Crippen LogP contribution in [0.4, 0.5) is 0 Å². The highest BCUT2D eigenvalue weighted by Gasteiger charge is 2.40. The summed E-state index contributed by atoms with van der Waals surface area (Å²) in [6.45, 7) is 3.97. The minimum Gasteiger partial charge on any atom is -0.489 e. The van der Waals surface area contributed by atoms with E-state index in [1.54, 1.807) is 22.5 Å². The lowest BCUT2D eigenvalue weighted by atomic mass is 10.3. The van der Waals surface area contributed by atoms with Gasteiger partial charge in [0.15, 0.2) is 5.75 Å². The van der Waals surface area contributed by atoms with E-state index in [0.717, 1.165) is 38.9 Å². The molecule has 3 rings (SSSR count). The van der Waals surface area contributed by atoms with Gasteiger partial charge in [0.05, 0.1) is 15.3 Å². The molecule has 1 aromatic carbocycles. The van der Waals surface area contributed by atoms with Gasteiger partial charge >= 0.3 is 0 Å². The number of halogens is 2. The molecule has 1 heterocycles. The van der Waals surface area contributed by atoms with Crippen LogP contribution in [0.1, 0.15) is 19.3 Å². The summed E-state index contributed by atoms with van der Waals surface area (Å²) >= 11 is 12.2. The predicted octanol–water partition coefficient (Wildman–Crippen LogP) is 2.87. The van der Waals surface area contributed by atoms with Gasteiger partial charge in [-0.15, -0.1) is 0 Å². The first kappa shape index (κ1) is 18.3. The van der Waals surface area contributed by atoms with Crippen LogP contribution in [0.5, 0.6) is 5.75 Å². The number of ether oxygens (including phenoxy) is 1. The molecule has 0 radical (unpaired) electrons. The molecular weight excluding hydrogens is 371 g/mol. The van der Waals surface area contributed by atoms with Gasteiger partial charge in [-0.05, 0) is 37.9 Å². The molecule has 1 saturated heterocycles. The van der Waals surface area contributed by atoms with E-state index in [1.165, 1.54) is 0 Å². The minimum atomic E-state index is -3.07. The largest absolute Gasteiger partial charge is 0.489 e. The molecule has 1 aromatic rings. The number of para-hydroxylation sites is 1. The monoisotopic (exact) mass is 392 g/mol. The van der Waals surface area contributed by atoms with E-state index in [4.69, 9.17) is 27.9 Å². The van der Waals surface area contributed by atoms with E-state index < -0.39 is 10.0 Å². The second-order valence-electron chi connectivity index (χ2n) is 6.24. The molecule has 0 spiro atoms. The summed E-state index contributed by atoms with van der Waals surface area (Å²) in [5, 5.41) is 0.870. The van der Waals surface area contributed by atoms with Crippen molar-refractivity contribution >= 4 is 33.2 Å². The average molecular weight is 393 g/mol. The maximum absolute atomic E-state index is 12.3. The average Bonchev–Trinajstić information content (AvgIpc) is 3.36. The Hall–Kier alpha value is -0.530. The maximum Gasteiger partial charge on any atom is 0.217 e. The van der Waals surface area contributed by atoms with Crippen molar-refractivity contribution < 1.29 is 13.2 Å². The Bertz CT molecular complexity index is 660. The first-order valence-electron chi connectivity index (χ1n) is 8.26. The standard InChI is InChI=1S/C16H22Cl2N2O3S/c17-14-3-1-4-15(18)16(14)23-12-11-19-7-2-8-20(10-9-19)24(21,22)13-5-6-13/h1,3-4,13H,2,5-12H2. The lowest BCUT2D eigenvalue weighted by molar-refractivity contribution is 0.215. The highest BCUT2D eigenvalue weighted by atomic mass is 35.5. The zero-order valence-electron chi connectivity index (χ0n) is 13.5. The van der Waals surface area contributed by atoms with Gasteiger partial charge in [-0.1, -0.05) is 29.3 Å². The Morgan fingerprint density at radius 2 is 1.79 bits per heavy atom. The van der Waals surface area contributed by atoms with Gasteiger partial charge in [0.25, 0.3) is 0 Å². The Morgan fingerprint density at radius 3 is 2.46 bits per heavy atom. The number of hydrogen-bond donors (Lipinski definition) is 0. The molecule has 1 aliphatic heterocycles. The van der Waals surface area contributed by atoms with Gasteiger partial charge in [-0.3, -0.25) is 4.90 Å². The molecular formula is C16H22Cl2N2O3S. The summed E-state index contributed by atoms with van der Waals surface area (Å²) in [6.07, 6.45) is 2.47. The number of nitrogens with zero attached hydrogens (tertiary/aromatic N) is 2. The molecule has 0 aromatic heterocycles. The first-order chi connectivity index (χ1) is 11.5. The molecule has 0 N–H and O–H groups in total. The number of benzene rings is 1. The Morgan fingerprint density at radius 1 is 1.08 bits per heavy atom. The topological polar surface area (TPSA) is 49.9 Å². The van der Waals surface area contributed by atoms with Crippen LogP contribution in [-0.2, 0) is 10.0 Å². The Kier molecular flexibility index (Phi) is 5.93. The van der Waals surface area contributed by atoms with Crippen LogP contribution in [0.2, 0.25) is 10.0 Å². The molecule has 2 aliphatic rings. The molecule has 8 heteroatoms. The van der Waals surface area contributed by atoms with Crippen LogP contribution in [0.3, 0.4) is 0 Å². The second-order valence-corrected chi connectivity index (χ2v) is 9.27. The normalized spacial score (nSPS) is 20.8. The zero-order chi connectivity index (χ0) is 17.2. The van der Waals surface area contributed by atoms with E-state index in [2.05, 4.69) is 4.90 Å². The number of hydrogen-bond acceptors (Lipinski definition) is 4. The van der Waals surface area contributed by atoms with Crippen LogP contribution >= 0.6 is 23.2 Å². The van der Waals surface area contributed by atoms with Crippen molar-refractivity contribution in [2.24, 2.45) is 0 Å². The van der Waals surface area contributed by atoms with Crippen LogP contribution in [-0.4, -0.2) is 62.2 Å². The molecule has 1 saturated carbocycles. The Balaban J connectivity index is 1.48. The fraction of sp³-hybridized carbons (Fsp3) is 0.625. The molecule has 5 nitrogen and oxygen atoms in total. The summed E-state index contributed by atoms with van der Waals surface area (Å²) in [5.74, 6) is 0.508. The number of sulfonamides is 1. The molecule has 24 heavy (non-hydrogen) atoms. The van der Waals surface area contributed by atoms with Crippen LogP contribution in [0.15, 0.2) is 18.2 Å². The van der Waals surface area contributed by atoms with Crippen LogP contribution in [0, 0.1) is 0 Å². The van der Waals surface area contributed by atoms with Crippen molar-refractivity contribution in [1.82, 2.24) is 9.21 Å². The summed E-state index contributed by atoms with van der Waals surface area (Å²) in [6, 6.07) is 5.27. The lowest BCUT2D eigenvalue weighted by Crippen LogP contribution is -2.37. The minimum absolute atomic E-state index is 0.130. The van der Waals surface area contributed by atoms with Gasteiger partial charge in [0.1, 0.15) is 6.61 Å². The van der Waals surface area contributed by atoms with Gasteiger partial charge in [-0.25, -0.2) is 12.7 Å². The predicted molar refractivity (Wildman–Crippen MR) is 96.5 cm³/mol. The number of rotatable bonds is 6. The smallest absolute Gasteiger partial charge is 0.217 e. The zero-order valence-corrected chi connectivity index (χ0v) is 15.8. The molecule has 0 amide bonds. The molecule has 0 bridgehead atoms. The third-order valence-electron chi connectivity index (χ3n) is 4.43. The molecule has 0 atom stereocenters. The third-order valence-corrected chi connectivity index (χ3v) is 7.42. The van der Waals surface area contributed by atoms with Gasteiger partial charge in [-0.2, -0.15) is 0 Å². The maximum atomic E-state index is 12.3. The highest BCUT2D eigenvalue weighted by molar-refractivity contribution is 7.90. The van der Waals surface area contributed by atoms with Crippen molar-refractivity contribution in [3.63, 3.8) is 0 Å². The van der Waals surface area contributed by atoms with Crippen molar-refractivity contribution in [3.05, 3.63) is 28.2 Å². The second kappa shape index (κ2) is 7.79. The Labute approximate surface area is 153 Å². The van der Waals surface area contributed by atoms with Crippen LogP contribution in [0.25, 0.3) is 0 Å². The molecule has 2 fully saturated rings. The van der Waals surface area contributed by atoms with E-state index in [1.807, 2.05) is 0 Å². The van der Waals surface area contributed by atoms with Crippen molar-refractivity contribution in [3.8, 4) is 5.75 Å². The van der Waals surface area contributed by atoms with E-state index in [0.29, 0.717) is 35.5 Å².